The molecule has 6 radical (unpaired) electrons. The molecule has 0 aromatic heterocycles. The summed E-state index contributed by atoms with van der Waals surface area (Å²) >= 11 is 0. The van der Waals surface area contributed by atoms with Crippen molar-refractivity contribution in [2.24, 2.45) is 0 Å². The summed E-state index contributed by atoms with van der Waals surface area (Å²) in [7, 11) is -33.7. The van der Waals surface area contributed by atoms with Crippen LogP contribution >= 0.6 is 0 Å². The molecule has 0 aliphatic carbocycles. The van der Waals surface area contributed by atoms with Crippen LogP contribution in [0.3, 0.4) is 0 Å². The van der Waals surface area contributed by atoms with E-state index in [1.807, 2.05) is 78.6 Å². The molecular formula is C24H54O12Si12. The molecule has 24 heteroatoms. The fourth-order valence-electron chi connectivity index (χ4n) is 4.02. The lowest BCUT2D eigenvalue weighted by Crippen LogP contribution is -2.73. The summed E-state index contributed by atoms with van der Waals surface area (Å²) in [6.07, 6.45) is 0. The van der Waals surface area contributed by atoms with E-state index in [0.717, 1.165) is 0 Å². The van der Waals surface area contributed by atoms with Gasteiger partial charge in [-0.15, -0.1) is 39.5 Å². The molecule has 0 atom stereocenters. The van der Waals surface area contributed by atoms with E-state index >= 15 is 0 Å². The third-order valence-corrected chi connectivity index (χ3v) is 38.6. The van der Waals surface area contributed by atoms with Crippen LogP contribution in [0.4, 0.5) is 0 Å². The molecule has 48 heavy (non-hydrogen) atoms. The van der Waals surface area contributed by atoms with Gasteiger partial charge in [0.1, 0.15) is 0 Å². The summed E-state index contributed by atoms with van der Waals surface area (Å²) in [5, 5.41) is 0. The van der Waals surface area contributed by atoms with Gasteiger partial charge < -0.3 is 49.4 Å². The molecule has 270 valence electrons. The molecule has 1 fully saturated rings. The average Bonchev–Trinajstić information content (AvgIpc) is 2.94. The van der Waals surface area contributed by atoms with Crippen LogP contribution in [0.15, 0.2) is 73.7 Å². The normalized spacial score (nSPS) is 33.9. The Labute approximate surface area is 306 Å². The zero-order valence-corrected chi connectivity index (χ0v) is 42.6. The quantitative estimate of drug-likeness (QED) is 0.158. The topological polar surface area (TPSA) is 111 Å². The molecule has 0 amide bonds. The predicted molar refractivity (Wildman–Crippen MR) is 214 cm³/mol. The lowest BCUT2D eigenvalue weighted by Gasteiger charge is -2.48. The van der Waals surface area contributed by atoms with E-state index in [2.05, 4.69) is 39.5 Å². The van der Waals surface area contributed by atoms with Gasteiger partial charge in [-0.2, -0.15) is 0 Å². The summed E-state index contributed by atoms with van der Waals surface area (Å²) in [6.45, 7) is 48.3. The van der Waals surface area contributed by atoms with Crippen molar-refractivity contribution >= 4 is 107 Å². The first-order valence-corrected chi connectivity index (χ1v) is 40.3. The van der Waals surface area contributed by atoms with E-state index in [1.165, 1.54) is 34.2 Å². The summed E-state index contributed by atoms with van der Waals surface area (Å²) in [6, 6.07) is 0. The second-order valence-corrected chi connectivity index (χ2v) is 41.9. The second kappa shape index (κ2) is 19.6. The van der Waals surface area contributed by atoms with Crippen molar-refractivity contribution in [3.05, 3.63) is 73.7 Å². The minimum Gasteiger partial charge on any atom is -0.413 e. The Morgan fingerprint density at radius 1 is 0.292 bits per heavy atom. The first-order valence-electron chi connectivity index (χ1n) is 15.1. The Balaban J connectivity index is 4.56. The van der Waals surface area contributed by atoms with Crippen LogP contribution in [-0.4, -0.2) is 107 Å². The van der Waals surface area contributed by atoms with Gasteiger partial charge in [0.25, 0.3) is 0 Å². The molecule has 0 bridgehead atoms. The van der Waals surface area contributed by atoms with Crippen LogP contribution in [-0.2, 0) is 49.4 Å². The molecule has 12 nitrogen and oxygen atoms in total. The van der Waals surface area contributed by atoms with Crippen LogP contribution in [0.2, 0.25) is 78.6 Å². The van der Waals surface area contributed by atoms with Gasteiger partial charge in [-0.1, -0.05) is 0 Å². The van der Waals surface area contributed by atoms with Gasteiger partial charge in [-0.05, 0) is 113 Å². The maximum atomic E-state index is 7.01. The molecule has 0 N–H and O–H groups in total. The zero-order chi connectivity index (χ0) is 37.2. The minimum atomic E-state index is -4.08. The highest BCUT2D eigenvalue weighted by atomic mass is 28.6. The number of hydrogen-bond acceptors (Lipinski definition) is 12. The van der Waals surface area contributed by atoms with Gasteiger partial charge in [0.05, 0.1) is 0 Å². The number of rotatable bonds is 18. The molecule has 0 unspecified atom stereocenters. The van der Waals surface area contributed by atoms with Gasteiger partial charge in [0.15, 0.2) is 54.2 Å². The van der Waals surface area contributed by atoms with Crippen LogP contribution in [0.1, 0.15) is 0 Å². The summed E-state index contributed by atoms with van der Waals surface area (Å²) < 4.78 is 81.9. The molecule has 0 aromatic carbocycles. The lowest BCUT2D eigenvalue weighted by molar-refractivity contribution is 0.107. The standard InChI is InChI=1S/C24H54O12Si12/c1-19-43(25-37(7)8)31-44(20-2,26-38(9)10)33-46(22-4,28-40(13)14)35-48(24-6,30-42(17)18)36-47(23-5,29-41(15)16)34-45(21-3,32-43)27-39(11)12/h19-24H,1-6H2,7-18H3. The van der Waals surface area contributed by atoms with Gasteiger partial charge in [0, 0.05) is 0 Å². The van der Waals surface area contributed by atoms with Crippen molar-refractivity contribution in [3.8, 4) is 0 Å². The van der Waals surface area contributed by atoms with Crippen molar-refractivity contribution in [1.29, 1.82) is 0 Å². The van der Waals surface area contributed by atoms with Crippen LogP contribution in [0.25, 0.3) is 0 Å². The molecule has 0 saturated carbocycles. The SMILES string of the molecule is C=C[Si]1(O[Si](C)C)O[Si](C=C)(O[Si](C)C)O[Si](C=C)(O[Si](C)C)O[Si](C=C)(O[Si](C)C)O[Si](C=C)(O[Si](C)C)O[Si](C=C)(O[Si](C)C)O1. The van der Waals surface area contributed by atoms with Gasteiger partial charge in [-0.3, -0.25) is 0 Å². The maximum Gasteiger partial charge on any atom is 0.504 e. The van der Waals surface area contributed by atoms with Crippen molar-refractivity contribution in [3.63, 3.8) is 0 Å². The largest absolute Gasteiger partial charge is 0.504 e. The first kappa shape index (κ1) is 46.6. The van der Waals surface area contributed by atoms with E-state index in [0.29, 0.717) is 0 Å². The predicted octanol–water partition coefficient (Wildman–Crippen LogP) is 5.69. The van der Waals surface area contributed by atoms with Crippen molar-refractivity contribution in [2.45, 2.75) is 78.6 Å². The Hall–Kier alpha value is 0.563. The molecule has 0 aromatic rings. The molecule has 1 saturated heterocycles. The van der Waals surface area contributed by atoms with Crippen molar-refractivity contribution in [2.75, 3.05) is 0 Å². The molecule has 1 aliphatic rings. The summed E-state index contributed by atoms with van der Waals surface area (Å²) in [4.78, 5) is 0. The van der Waals surface area contributed by atoms with Crippen LogP contribution in [0, 0.1) is 0 Å². The van der Waals surface area contributed by atoms with Gasteiger partial charge in [-0.25, -0.2) is 0 Å². The van der Waals surface area contributed by atoms with Crippen LogP contribution < -0.4 is 0 Å². The van der Waals surface area contributed by atoms with E-state index in [4.69, 9.17) is 49.4 Å². The highest BCUT2D eigenvalue weighted by Crippen LogP contribution is 2.37. The minimum absolute atomic E-state index is 1.52. The van der Waals surface area contributed by atoms with E-state index in [9.17, 15) is 0 Å². The summed E-state index contributed by atoms with van der Waals surface area (Å²) in [5.74, 6) is 0. The van der Waals surface area contributed by atoms with Gasteiger partial charge in [0.2, 0.25) is 0 Å². The fraction of sp³-hybridized carbons (Fsp3) is 0.500. The lowest BCUT2D eigenvalue weighted by atomic mass is 11.3. The Morgan fingerprint density at radius 2 is 0.396 bits per heavy atom. The van der Waals surface area contributed by atoms with Gasteiger partial charge >= 0.3 is 52.8 Å². The maximum absolute atomic E-state index is 7.01. The van der Waals surface area contributed by atoms with E-state index in [-0.39, 0.29) is 0 Å². The van der Waals surface area contributed by atoms with E-state index in [1.54, 1.807) is 0 Å². The first-order chi connectivity index (χ1) is 22.1. The molecular weight excluding hydrogens is 817 g/mol. The highest BCUT2D eigenvalue weighted by Gasteiger charge is 2.67. The Bertz CT molecular complexity index is 881. The van der Waals surface area contributed by atoms with Crippen molar-refractivity contribution < 1.29 is 49.4 Å². The molecule has 1 rings (SSSR count). The second-order valence-electron chi connectivity index (χ2n) is 11.5. The number of hydrogen-bond donors (Lipinski definition) is 0. The molecule has 1 aliphatic heterocycles. The highest BCUT2D eigenvalue weighted by molar-refractivity contribution is 6.98. The average molecular weight is 872 g/mol. The Morgan fingerprint density at radius 3 is 0.458 bits per heavy atom. The zero-order valence-electron chi connectivity index (χ0n) is 30.6. The monoisotopic (exact) mass is 870 g/mol. The smallest absolute Gasteiger partial charge is 0.413 e. The third-order valence-electron chi connectivity index (χ3n) is 5.29. The third kappa shape index (κ3) is 13.5. The van der Waals surface area contributed by atoms with E-state index < -0.39 is 107 Å². The molecule has 1 heterocycles. The Kier molecular flexibility index (Phi) is 19.0. The summed E-state index contributed by atoms with van der Waals surface area (Å²) in [5.41, 5.74) is 9.16. The molecule has 0 spiro atoms. The van der Waals surface area contributed by atoms with Crippen molar-refractivity contribution in [1.82, 2.24) is 0 Å². The fourth-order valence-corrected chi connectivity index (χ4v) is 42.9. The van der Waals surface area contributed by atoms with Crippen LogP contribution in [0.5, 0.6) is 0 Å².